The van der Waals surface area contributed by atoms with Crippen LogP contribution in [0.1, 0.15) is 22.8 Å². The highest BCUT2D eigenvalue weighted by Crippen LogP contribution is 2.24. The lowest BCUT2D eigenvalue weighted by Crippen LogP contribution is -2.21. The van der Waals surface area contributed by atoms with Gasteiger partial charge in [-0.05, 0) is 24.6 Å². The standard InChI is InChI=1S/C17H14Cl2N4O3/c1-2-26-17(25)14(23-20)7-10-3-5-11(6-4-10)22-16(24)15-12(18)8-21-9-13(15)19/h3-6,8-9H,2,7H2,1H3,(H,22,24). The number of ether oxygens (including phenoxy) is 1. The maximum absolute atomic E-state index is 12.3. The van der Waals surface area contributed by atoms with Crippen LogP contribution in [0.4, 0.5) is 5.69 Å². The molecule has 0 radical (unpaired) electrons. The highest BCUT2D eigenvalue weighted by Gasteiger charge is 2.22. The minimum atomic E-state index is -0.686. The van der Waals surface area contributed by atoms with Gasteiger partial charge < -0.3 is 15.6 Å². The van der Waals surface area contributed by atoms with Crippen molar-refractivity contribution in [2.24, 2.45) is 0 Å². The van der Waals surface area contributed by atoms with Crippen LogP contribution in [0.5, 0.6) is 0 Å². The molecule has 134 valence electrons. The lowest BCUT2D eigenvalue weighted by atomic mass is 10.1. The average Bonchev–Trinajstić information content (AvgIpc) is 2.61. The van der Waals surface area contributed by atoms with Crippen LogP contribution in [0.15, 0.2) is 36.7 Å². The molecule has 0 fully saturated rings. The Morgan fingerprint density at radius 2 is 1.81 bits per heavy atom. The van der Waals surface area contributed by atoms with E-state index in [1.54, 1.807) is 31.2 Å². The first-order valence-electron chi connectivity index (χ1n) is 7.53. The third kappa shape index (κ3) is 4.89. The molecule has 0 bridgehead atoms. The van der Waals surface area contributed by atoms with E-state index in [0.29, 0.717) is 11.3 Å². The lowest BCUT2D eigenvalue weighted by Gasteiger charge is -2.08. The van der Waals surface area contributed by atoms with Gasteiger partial charge in [-0.25, -0.2) is 4.79 Å². The molecule has 1 aromatic carbocycles. The Morgan fingerprint density at radius 1 is 1.19 bits per heavy atom. The summed E-state index contributed by atoms with van der Waals surface area (Å²) in [7, 11) is 0. The molecule has 9 heteroatoms. The molecule has 1 N–H and O–H groups in total. The minimum Gasteiger partial charge on any atom is -0.457 e. The molecule has 0 saturated carbocycles. The number of pyridine rings is 1. The first-order valence-corrected chi connectivity index (χ1v) is 8.29. The van der Waals surface area contributed by atoms with Crippen molar-refractivity contribution in [3.05, 3.63) is 63.4 Å². The topological polar surface area (TPSA) is 105 Å². The number of carbonyl (C=O) groups is 2. The fourth-order valence-electron chi connectivity index (χ4n) is 2.08. The molecule has 0 unspecified atom stereocenters. The molecule has 0 saturated heterocycles. The van der Waals surface area contributed by atoms with Crippen LogP contribution >= 0.6 is 23.2 Å². The van der Waals surface area contributed by atoms with Gasteiger partial charge in [0.2, 0.25) is 0 Å². The number of nitrogens with zero attached hydrogens (tertiary/aromatic N) is 3. The molecule has 1 amide bonds. The summed E-state index contributed by atoms with van der Waals surface area (Å²) in [5.41, 5.74) is 10.2. The van der Waals surface area contributed by atoms with Crippen molar-refractivity contribution in [3.63, 3.8) is 0 Å². The van der Waals surface area contributed by atoms with Gasteiger partial charge in [0.25, 0.3) is 5.91 Å². The summed E-state index contributed by atoms with van der Waals surface area (Å²) in [5, 5.41) is 2.96. The minimum absolute atomic E-state index is 0.0889. The average molecular weight is 393 g/mol. The lowest BCUT2D eigenvalue weighted by molar-refractivity contribution is -0.140. The number of hydrogen-bond acceptors (Lipinski definition) is 4. The molecule has 26 heavy (non-hydrogen) atoms. The van der Waals surface area contributed by atoms with Crippen LogP contribution in [0, 0.1) is 0 Å². The summed E-state index contributed by atoms with van der Waals surface area (Å²) in [5.74, 6) is -1.16. The van der Waals surface area contributed by atoms with Crippen molar-refractivity contribution >= 4 is 46.5 Å². The molecule has 0 atom stereocenters. The first kappa shape index (κ1) is 19.6. The molecule has 0 aliphatic rings. The number of carbonyl (C=O) groups excluding carboxylic acids is 2. The smallest absolute Gasteiger partial charge is 0.417 e. The third-order valence-corrected chi connectivity index (χ3v) is 3.87. The van der Waals surface area contributed by atoms with Crippen molar-refractivity contribution in [2.45, 2.75) is 13.3 Å². The second-order valence-corrected chi connectivity index (χ2v) is 5.89. The van der Waals surface area contributed by atoms with E-state index in [2.05, 4.69) is 15.1 Å². The number of nitrogens with one attached hydrogen (secondary N) is 1. The monoisotopic (exact) mass is 392 g/mol. The van der Waals surface area contributed by atoms with Crippen molar-refractivity contribution in [2.75, 3.05) is 11.9 Å². The van der Waals surface area contributed by atoms with Gasteiger partial charge >= 0.3 is 11.7 Å². The Balaban J connectivity index is 2.09. The Hall–Kier alpha value is -2.73. The van der Waals surface area contributed by atoms with Gasteiger partial charge in [-0.15, -0.1) is 0 Å². The summed E-state index contributed by atoms with van der Waals surface area (Å²) >= 11 is 11.9. The highest BCUT2D eigenvalue weighted by molar-refractivity contribution is 6.40. The van der Waals surface area contributed by atoms with E-state index in [1.165, 1.54) is 12.4 Å². The quantitative estimate of drug-likeness (QED) is 0.351. The number of esters is 1. The van der Waals surface area contributed by atoms with Crippen LogP contribution < -0.4 is 5.32 Å². The fraction of sp³-hybridized carbons (Fsp3) is 0.176. The predicted molar refractivity (Wildman–Crippen MR) is 97.6 cm³/mol. The summed E-state index contributed by atoms with van der Waals surface area (Å²) in [6.45, 7) is 1.84. The van der Waals surface area contributed by atoms with E-state index in [-0.39, 0.29) is 34.3 Å². The number of benzene rings is 1. The van der Waals surface area contributed by atoms with Gasteiger partial charge in [0.05, 0.1) is 28.6 Å². The molecular formula is C17H14Cl2N4O3. The van der Waals surface area contributed by atoms with Crippen molar-refractivity contribution in [3.8, 4) is 0 Å². The van der Waals surface area contributed by atoms with E-state index in [0.717, 1.165) is 0 Å². The van der Waals surface area contributed by atoms with Gasteiger partial charge in [-0.3, -0.25) is 9.78 Å². The number of aromatic nitrogens is 1. The first-order chi connectivity index (χ1) is 12.5. The molecule has 2 aromatic rings. The van der Waals surface area contributed by atoms with Crippen molar-refractivity contribution in [1.82, 2.24) is 4.98 Å². The molecule has 1 aromatic heterocycles. The highest BCUT2D eigenvalue weighted by atomic mass is 35.5. The third-order valence-electron chi connectivity index (χ3n) is 3.30. The van der Waals surface area contributed by atoms with E-state index >= 15 is 0 Å². The van der Waals surface area contributed by atoms with Crippen LogP contribution in [-0.4, -0.2) is 34.0 Å². The number of amides is 1. The second kappa shape index (κ2) is 9.10. The summed E-state index contributed by atoms with van der Waals surface area (Å²) in [6.07, 6.45) is 2.75. The molecule has 0 aliphatic carbocycles. The normalized spacial score (nSPS) is 9.96. The largest absolute Gasteiger partial charge is 0.457 e. The predicted octanol–water partition coefficient (Wildman–Crippen LogP) is 3.42. The Labute approximate surface area is 159 Å². The number of halogens is 2. The van der Waals surface area contributed by atoms with Gasteiger partial charge in [0, 0.05) is 18.1 Å². The van der Waals surface area contributed by atoms with Crippen LogP contribution in [0.2, 0.25) is 10.0 Å². The number of hydrogen-bond donors (Lipinski definition) is 1. The van der Waals surface area contributed by atoms with Gasteiger partial charge in [-0.1, -0.05) is 35.3 Å². The maximum atomic E-state index is 12.3. The van der Waals surface area contributed by atoms with Crippen LogP contribution in [-0.2, 0) is 16.0 Å². The maximum Gasteiger partial charge on any atom is 0.417 e. The Bertz CT molecular complexity index is 858. The Kier molecular flexibility index (Phi) is 6.86. The van der Waals surface area contributed by atoms with Crippen molar-refractivity contribution < 1.29 is 19.1 Å². The number of anilines is 1. The van der Waals surface area contributed by atoms with Gasteiger partial charge in [0.1, 0.15) is 0 Å². The van der Waals surface area contributed by atoms with E-state index in [9.17, 15) is 9.59 Å². The van der Waals surface area contributed by atoms with Crippen molar-refractivity contribution in [1.29, 1.82) is 0 Å². The van der Waals surface area contributed by atoms with E-state index < -0.39 is 11.9 Å². The SMILES string of the molecule is CCOC(=O)C(Cc1ccc(NC(=O)c2c(Cl)cncc2Cl)cc1)=[N+]=[N-]. The van der Waals surface area contributed by atoms with Gasteiger partial charge in [-0.2, -0.15) is 4.79 Å². The molecular weight excluding hydrogens is 379 g/mol. The van der Waals surface area contributed by atoms with E-state index in [4.69, 9.17) is 33.5 Å². The summed E-state index contributed by atoms with van der Waals surface area (Å²) < 4.78 is 4.80. The zero-order valence-electron chi connectivity index (χ0n) is 13.7. The zero-order chi connectivity index (χ0) is 19.1. The van der Waals surface area contributed by atoms with Gasteiger partial charge in [0.15, 0.2) is 0 Å². The van der Waals surface area contributed by atoms with Crippen LogP contribution in [0.25, 0.3) is 5.53 Å². The molecule has 1 heterocycles. The molecule has 7 nitrogen and oxygen atoms in total. The summed E-state index contributed by atoms with van der Waals surface area (Å²) in [4.78, 5) is 30.7. The fourth-order valence-corrected chi connectivity index (χ4v) is 2.62. The Morgan fingerprint density at radius 3 is 2.35 bits per heavy atom. The van der Waals surface area contributed by atoms with Crippen LogP contribution in [0.3, 0.4) is 0 Å². The summed E-state index contributed by atoms with van der Waals surface area (Å²) in [6, 6.07) is 6.62. The zero-order valence-corrected chi connectivity index (χ0v) is 15.2. The molecule has 0 aliphatic heterocycles. The second-order valence-electron chi connectivity index (χ2n) is 5.07. The number of rotatable bonds is 6. The molecule has 0 spiro atoms. The molecule has 2 rings (SSSR count). The van der Waals surface area contributed by atoms with E-state index in [1.807, 2.05) is 0 Å².